The number of nitrogens with one attached hydrogen (secondary N) is 1. The third kappa shape index (κ3) is 4.05. The highest BCUT2D eigenvalue weighted by atomic mass is 16.2. The largest absolute Gasteiger partial charge is 0.336 e. The first kappa shape index (κ1) is 17.1. The fourth-order valence-corrected chi connectivity index (χ4v) is 3.26. The van der Waals surface area contributed by atoms with Gasteiger partial charge in [-0.15, -0.1) is 0 Å². The summed E-state index contributed by atoms with van der Waals surface area (Å²) in [6, 6.07) is 11.2. The number of aromatic nitrogens is 1. The summed E-state index contributed by atoms with van der Waals surface area (Å²) in [4.78, 5) is 31.3. The summed E-state index contributed by atoms with van der Waals surface area (Å²) in [7, 11) is 0. The molecule has 0 bridgehead atoms. The summed E-state index contributed by atoms with van der Waals surface area (Å²) in [6.45, 7) is 2.88. The summed E-state index contributed by atoms with van der Waals surface area (Å²) in [5.74, 6) is -0.299. The van der Waals surface area contributed by atoms with E-state index in [0.29, 0.717) is 16.8 Å². The minimum atomic E-state index is -0.265. The van der Waals surface area contributed by atoms with E-state index in [4.69, 9.17) is 0 Å². The smallest absolute Gasteiger partial charge is 0.257 e. The number of pyridine rings is 1. The maximum Gasteiger partial charge on any atom is 0.257 e. The average molecular weight is 337 g/mol. The molecule has 25 heavy (non-hydrogen) atoms. The number of hydrogen-bond donors (Lipinski definition) is 1. The maximum absolute atomic E-state index is 12.9. The summed E-state index contributed by atoms with van der Waals surface area (Å²) < 4.78 is 0. The molecule has 1 aromatic carbocycles. The first-order valence-electron chi connectivity index (χ1n) is 8.81. The Morgan fingerprint density at radius 1 is 1.16 bits per heavy atom. The van der Waals surface area contributed by atoms with Crippen LogP contribution in [0.2, 0.25) is 0 Å². The van der Waals surface area contributed by atoms with Crippen LogP contribution in [-0.2, 0) is 0 Å². The SMILES string of the molecule is CCC1CCCCN1C(=O)c1cncc(C(=O)Nc2ccccc2)c1. The molecule has 1 aliphatic heterocycles. The Labute approximate surface area is 148 Å². The molecule has 0 saturated carbocycles. The van der Waals surface area contributed by atoms with Gasteiger partial charge < -0.3 is 10.2 Å². The minimum Gasteiger partial charge on any atom is -0.336 e. The number of hydrogen-bond acceptors (Lipinski definition) is 3. The molecule has 1 aliphatic rings. The third-order valence-corrected chi connectivity index (χ3v) is 4.64. The monoisotopic (exact) mass is 337 g/mol. The van der Waals surface area contributed by atoms with Crippen LogP contribution in [0.5, 0.6) is 0 Å². The van der Waals surface area contributed by atoms with Gasteiger partial charge in [0.2, 0.25) is 0 Å². The molecule has 1 atom stereocenters. The topological polar surface area (TPSA) is 62.3 Å². The molecule has 130 valence electrons. The van der Waals surface area contributed by atoms with Crippen molar-refractivity contribution in [3.63, 3.8) is 0 Å². The Kier molecular flexibility index (Phi) is 5.43. The van der Waals surface area contributed by atoms with Gasteiger partial charge in [-0.1, -0.05) is 25.1 Å². The van der Waals surface area contributed by atoms with Crippen molar-refractivity contribution in [1.82, 2.24) is 9.88 Å². The Bertz CT molecular complexity index is 746. The first-order chi connectivity index (χ1) is 12.2. The zero-order chi connectivity index (χ0) is 17.6. The van der Waals surface area contributed by atoms with Gasteiger partial charge in [-0.25, -0.2) is 0 Å². The van der Waals surface area contributed by atoms with Crippen molar-refractivity contribution in [3.05, 3.63) is 59.9 Å². The second-order valence-electron chi connectivity index (χ2n) is 6.34. The van der Waals surface area contributed by atoms with Crippen LogP contribution >= 0.6 is 0 Å². The van der Waals surface area contributed by atoms with E-state index in [1.54, 1.807) is 12.3 Å². The third-order valence-electron chi connectivity index (χ3n) is 4.64. The van der Waals surface area contributed by atoms with Crippen LogP contribution in [0.25, 0.3) is 0 Å². The highest BCUT2D eigenvalue weighted by molar-refractivity contribution is 6.05. The van der Waals surface area contributed by atoms with E-state index in [9.17, 15) is 9.59 Å². The predicted molar refractivity (Wildman–Crippen MR) is 97.6 cm³/mol. The summed E-state index contributed by atoms with van der Waals surface area (Å²) in [5.41, 5.74) is 1.58. The van der Waals surface area contributed by atoms with Crippen molar-refractivity contribution in [1.29, 1.82) is 0 Å². The number of amides is 2. The molecular formula is C20H23N3O2. The van der Waals surface area contributed by atoms with Crippen LogP contribution in [0.4, 0.5) is 5.69 Å². The van der Waals surface area contributed by atoms with Crippen LogP contribution in [0, 0.1) is 0 Å². The first-order valence-corrected chi connectivity index (χ1v) is 8.81. The van der Waals surface area contributed by atoms with Crippen molar-refractivity contribution < 1.29 is 9.59 Å². The lowest BCUT2D eigenvalue weighted by Gasteiger charge is -2.35. The van der Waals surface area contributed by atoms with E-state index < -0.39 is 0 Å². The fraction of sp³-hybridized carbons (Fsp3) is 0.350. The van der Waals surface area contributed by atoms with Crippen molar-refractivity contribution in [2.75, 3.05) is 11.9 Å². The second kappa shape index (κ2) is 7.92. The zero-order valence-corrected chi connectivity index (χ0v) is 14.4. The highest BCUT2D eigenvalue weighted by Crippen LogP contribution is 2.22. The molecule has 1 aromatic heterocycles. The number of anilines is 1. The van der Waals surface area contributed by atoms with Crippen molar-refractivity contribution in [2.24, 2.45) is 0 Å². The Morgan fingerprint density at radius 3 is 2.68 bits per heavy atom. The molecule has 1 saturated heterocycles. The van der Waals surface area contributed by atoms with Crippen LogP contribution in [0.1, 0.15) is 53.3 Å². The molecule has 0 aliphatic carbocycles. The van der Waals surface area contributed by atoms with Crippen molar-refractivity contribution in [2.45, 2.75) is 38.6 Å². The number of para-hydroxylation sites is 1. The second-order valence-corrected chi connectivity index (χ2v) is 6.34. The molecule has 2 aromatic rings. The van der Waals surface area contributed by atoms with E-state index in [1.165, 1.54) is 12.6 Å². The molecule has 1 N–H and O–H groups in total. The molecule has 3 rings (SSSR count). The Morgan fingerprint density at radius 2 is 1.92 bits per heavy atom. The van der Waals surface area contributed by atoms with E-state index in [2.05, 4.69) is 17.2 Å². The highest BCUT2D eigenvalue weighted by Gasteiger charge is 2.26. The van der Waals surface area contributed by atoms with Gasteiger partial charge in [0.1, 0.15) is 0 Å². The Balaban J connectivity index is 1.76. The van der Waals surface area contributed by atoms with Gasteiger partial charge in [0.05, 0.1) is 11.1 Å². The average Bonchev–Trinajstić information content (AvgIpc) is 2.68. The van der Waals surface area contributed by atoms with Gasteiger partial charge in [-0.2, -0.15) is 0 Å². The quantitative estimate of drug-likeness (QED) is 0.924. The van der Waals surface area contributed by atoms with Gasteiger partial charge in [0.25, 0.3) is 11.8 Å². The molecule has 1 unspecified atom stereocenters. The maximum atomic E-state index is 12.9. The van der Waals surface area contributed by atoms with Crippen LogP contribution in [0.15, 0.2) is 48.8 Å². The number of rotatable bonds is 4. The van der Waals surface area contributed by atoms with Crippen molar-refractivity contribution >= 4 is 17.5 Å². The van der Waals surface area contributed by atoms with Gasteiger partial charge >= 0.3 is 0 Å². The predicted octanol–water partition coefficient (Wildman–Crippen LogP) is 3.74. The van der Waals surface area contributed by atoms with Crippen LogP contribution < -0.4 is 5.32 Å². The van der Waals surface area contributed by atoms with Crippen LogP contribution in [-0.4, -0.2) is 34.3 Å². The van der Waals surface area contributed by atoms with E-state index in [-0.39, 0.29) is 17.9 Å². The molecular weight excluding hydrogens is 314 g/mol. The molecule has 5 nitrogen and oxygen atoms in total. The summed E-state index contributed by atoms with van der Waals surface area (Å²) in [6.07, 6.45) is 7.23. The molecule has 5 heteroatoms. The van der Waals surface area contributed by atoms with Gasteiger partial charge in [0, 0.05) is 30.7 Å². The lowest BCUT2D eigenvalue weighted by atomic mass is 9.99. The van der Waals surface area contributed by atoms with Crippen molar-refractivity contribution in [3.8, 4) is 0 Å². The standard InChI is InChI=1S/C20H23N3O2/c1-2-18-10-6-7-11-23(18)20(25)16-12-15(13-21-14-16)19(24)22-17-8-4-3-5-9-17/h3-5,8-9,12-14,18H,2,6-7,10-11H2,1H3,(H,22,24). The molecule has 0 spiro atoms. The lowest BCUT2D eigenvalue weighted by molar-refractivity contribution is 0.0607. The van der Waals surface area contributed by atoms with E-state index in [1.807, 2.05) is 35.2 Å². The van der Waals surface area contributed by atoms with E-state index in [0.717, 1.165) is 25.8 Å². The lowest BCUT2D eigenvalue weighted by Crippen LogP contribution is -2.43. The normalized spacial score (nSPS) is 17.2. The molecule has 2 amide bonds. The number of benzene rings is 1. The number of carbonyl (C=O) groups excluding carboxylic acids is 2. The fourth-order valence-electron chi connectivity index (χ4n) is 3.26. The summed E-state index contributed by atoms with van der Waals surface area (Å²) >= 11 is 0. The van der Waals surface area contributed by atoms with Gasteiger partial charge in [-0.3, -0.25) is 14.6 Å². The number of piperidine rings is 1. The van der Waals surface area contributed by atoms with Gasteiger partial charge in [0.15, 0.2) is 0 Å². The molecule has 0 radical (unpaired) electrons. The minimum absolute atomic E-state index is 0.0339. The number of nitrogens with zero attached hydrogens (tertiary/aromatic N) is 2. The zero-order valence-electron chi connectivity index (χ0n) is 14.4. The number of carbonyl (C=O) groups is 2. The van der Waals surface area contributed by atoms with Gasteiger partial charge in [-0.05, 0) is 43.9 Å². The molecule has 1 fully saturated rings. The Hall–Kier alpha value is -2.69. The van der Waals surface area contributed by atoms with E-state index >= 15 is 0 Å². The molecule has 2 heterocycles. The summed E-state index contributed by atoms with van der Waals surface area (Å²) in [5, 5.41) is 2.82. The number of likely N-dealkylation sites (tertiary alicyclic amines) is 1. The van der Waals surface area contributed by atoms with Crippen LogP contribution in [0.3, 0.4) is 0 Å².